The van der Waals surface area contributed by atoms with Crippen molar-refractivity contribution in [2.75, 3.05) is 36.8 Å². The molecule has 0 atom stereocenters. The van der Waals surface area contributed by atoms with Crippen LogP contribution in [0.2, 0.25) is 0 Å². The summed E-state index contributed by atoms with van der Waals surface area (Å²) in [5, 5.41) is 11.8. The van der Waals surface area contributed by atoms with Crippen LogP contribution in [0.1, 0.15) is 24.2 Å². The predicted molar refractivity (Wildman–Crippen MR) is 108 cm³/mol. The number of anilines is 1. The van der Waals surface area contributed by atoms with Crippen LogP contribution in [0.5, 0.6) is 0 Å². The lowest BCUT2D eigenvalue weighted by Crippen LogP contribution is -2.49. The zero-order chi connectivity index (χ0) is 21.0. The maximum absolute atomic E-state index is 13.9. The number of carbonyl (C=O) groups is 2. The maximum atomic E-state index is 13.9. The van der Waals surface area contributed by atoms with Crippen LogP contribution in [0.3, 0.4) is 0 Å². The van der Waals surface area contributed by atoms with Crippen molar-refractivity contribution in [1.29, 1.82) is 0 Å². The Morgan fingerprint density at radius 1 is 1.17 bits per heavy atom. The summed E-state index contributed by atoms with van der Waals surface area (Å²) in [5.41, 5.74) is -0.518. The zero-order valence-electron chi connectivity index (χ0n) is 16.0. The number of aromatic nitrogens is 2. The topological polar surface area (TPSA) is 78.4 Å². The minimum absolute atomic E-state index is 0.0609. The van der Waals surface area contributed by atoms with Gasteiger partial charge in [0.1, 0.15) is 17.2 Å². The van der Waals surface area contributed by atoms with Crippen LogP contribution < -0.4 is 10.2 Å². The number of hydrogen-bond acceptors (Lipinski definition) is 7. The molecule has 2 heterocycles. The fourth-order valence-electron chi connectivity index (χ4n) is 2.84. The highest BCUT2D eigenvalue weighted by Crippen LogP contribution is 2.28. The van der Waals surface area contributed by atoms with E-state index in [4.69, 9.17) is 0 Å². The molecule has 2 aromatic rings. The van der Waals surface area contributed by atoms with Crippen LogP contribution in [0.4, 0.5) is 13.9 Å². The molecule has 1 aromatic heterocycles. The number of carbonyl (C=O) groups excluding carboxylic acids is 2. The number of rotatable bonds is 6. The van der Waals surface area contributed by atoms with Gasteiger partial charge < -0.3 is 15.1 Å². The molecular weight excluding hydrogens is 420 g/mol. The van der Waals surface area contributed by atoms with E-state index in [1.165, 1.54) is 34.1 Å². The van der Waals surface area contributed by atoms with E-state index >= 15 is 0 Å². The third-order valence-corrected chi connectivity index (χ3v) is 6.30. The van der Waals surface area contributed by atoms with E-state index in [2.05, 4.69) is 15.5 Å². The van der Waals surface area contributed by atoms with Crippen LogP contribution in [0.15, 0.2) is 22.5 Å². The summed E-state index contributed by atoms with van der Waals surface area (Å²) < 4.78 is 28.4. The molecule has 0 unspecified atom stereocenters. The normalized spacial score (nSPS) is 14.4. The van der Waals surface area contributed by atoms with Gasteiger partial charge in [-0.1, -0.05) is 29.2 Å². The first-order valence-electron chi connectivity index (χ1n) is 9.09. The fourth-order valence-corrected chi connectivity index (χ4v) is 4.54. The van der Waals surface area contributed by atoms with Gasteiger partial charge in [-0.25, -0.2) is 8.78 Å². The summed E-state index contributed by atoms with van der Waals surface area (Å²) in [4.78, 5) is 27.6. The number of nitrogens with zero attached hydrogens (tertiary/aromatic N) is 4. The molecule has 2 amide bonds. The summed E-state index contributed by atoms with van der Waals surface area (Å²) in [5.74, 6) is -2.16. The molecular formula is C18H21F2N5O2S2. The van der Waals surface area contributed by atoms with Crippen molar-refractivity contribution in [3.63, 3.8) is 0 Å². The Labute approximate surface area is 175 Å². The lowest BCUT2D eigenvalue weighted by Gasteiger charge is -2.34. The van der Waals surface area contributed by atoms with E-state index in [-0.39, 0.29) is 17.7 Å². The summed E-state index contributed by atoms with van der Waals surface area (Å²) >= 11 is 2.69. The van der Waals surface area contributed by atoms with Gasteiger partial charge in [0.05, 0.1) is 5.75 Å². The van der Waals surface area contributed by atoms with Crippen molar-refractivity contribution >= 4 is 40.0 Å². The summed E-state index contributed by atoms with van der Waals surface area (Å²) in [6.07, 6.45) is 0. The maximum Gasteiger partial charge on any atom is 0.259 e. The molecule has 0 aliphatic carbocycles. The predicted octanol–water partition coefficient (Wildman–Crippen LogP) is 2.40. The molecule has 1 aliphatic heterocycles. The number of halogens is 2. The van der Waals surface area contributed by atoms with Crippen molar-refractivity contribution in [3.8, 4) is 0 Å². The van der Waals surface area contributed by atoms with Gasteiger partial charge in [-0.2, -0.15) is 0 Å². The Kier molecular flexibility index (Phi) is 7.01. The zero-order valence-corrected chi connectivity index (χ0v) is 17.7. The standard InChI is InChI=1S/C18H21F2N5O2S2/c1-11(2)21-14(26)10-28-18-23-22-17(29-18)25-8-6-24(7-9-25)16(27)15-12(19)4-3-5-13(15)20/h3-5,11H,6-10H2,1-2H3,(H,21,26). The first-order valence-corrected chi connectivity index (χ1v) is 10.9. The lowest BCUT2D eigenvalue weighted by molar-refractivity contribution is -0.119. The molecule has 156 valence electrons. The van der Waals surface area contributed by atoms with Crippen LogP contribution >= 0.6 is 23.1 Å². The van der Waals surface area contributed by atoms with Crippen LogP contribution in [0, 0.1) is 11.6 Å². The Hall–Kier alpha value is -2.27. The third kappa shape index (κ3) is 5.41. The molecule has 0 radical (unpaired) electrons. The number of benzene rings is 1. The number of thioether (sulfide) groups is 1. The van der Waals surface area contributed by atoms with Crippen molar-refractivity contribution in [3.05, 3.63) is 35.4 Å². The van der Waals surface area contributed by atoms with Gasteiger partial charge in [0.25, 0.3) is 5.91 Å². The first-order chi connectivity index (χ1) is 13.8. The molecule has 0 bridgehead atoms. The molecule has 7 nitrogen and oxygen atoms in total. The average Bonchev–Trinajstić information content (AvgIpc) is 3.15. The molecule has 11 heteroatoms. The molecule has 1 N–H and O–H groups in total. The van der Waals surface area contributed by atoms with Crippen molar-refractivity contribution < 1.29 is 18.4 Å². The number of nitrogens with one attached hydrogen (secondary N) is 1. The highest BCUT2D eigenvalue weighted by atomic mass is 32.2. The van der Waals surface area contributed by atoms with E-state index in [1.54, 1.807) is 0 Å². The van der Waals surface area contributed by atoms with Crippen LogP contribution in [0.25, 0.3) is 0 Å². The monoisotopic (exact) mass is 441 g/mol. The second kappa shape index (κ2) is 9.49. The van der Waals surface area contributed by atoms with Gasteiger partial charge in [-0.15, -0.1) is 10.2 Å². The summed E-state index contributed by atoms with van der Waals surface area (Å²) in [7, 11) is 0. The van der Waals surface area contributed by atoms with Gasteiger partial charge in [0.2, 0.25) is 11.0 Å². The molecule has 1 saturated heterocycles. The van der Waals surface area contributed by atoms with Crippen molar-refractivity contribution in [2.45, 2.75) is 24.2 Å². The molecule has 0 spiro atoms. The van der Waals surface area contributed by atoms with E-state index < -0.39 is 23.1 Å². The highest BCUT2D eigenvalue weighted by Gasteiger charge is 2.27. The van der Waals surface area contributed by atoms with E-state index in [0.29, 0.717) is 35.7 Å². The van der Waals surface area contributed by atoms with Gasteiger partial charge in [-0.05, 0) is 26.0 Å². The second-order valence-corrected chi connectivity index (χ2v) is 8.92. The quantitative estimate of drug-likeness (QED) is 0.694. The van der Waals surface area contributed by atoms with Crippen LogP contribution in [-0.4, -0.2) is 64.9 Å². The van der Waals surface area contributed by atoms with E-state index in [1.807, 2.05) is 18.7 Å². The van der Waals surface area contributed by atoms with Gasteiger partial charge in [0.15, 0.2) is 4.34 Å². The Bertz CT molecular complexity index is 865. The van der Waals surface area contributed by atoms with Gasteiger partial charge in [-0.3, -0.25) is 9.59 Å². The number of amides is 2. The molecule has 1 fully saturated rings. The molecule has 1 aliphatic rings. The van der Waals surface area contributed by atoms with Crippen molar-refractivity contribution in [2.24, 2.45) is 0 Å². The molecule has 0 saturated carbocycles. The SMILES string of the molecule is CC(C)NC(=O)CSc1nnc(N2CCN(C(=O)c3c(F)cccc3F)CC2)s1. The largest absolute Gasteiger partial charge is 0.353 e. The van der Waals surface area contributed by atoms with E-state index in [0.717, 1.165) is 12.1 Å². The minimum Gasteiger partial charge on any atom is -0.353 e. The smallest absolute Gasteiger partial charge is 0.259 e. The Balaban J connectivity index is 1.54. The van der Waals surface area contributed by atoms with E-state index in [9.17, 15) is 18.4 Å². The second-order valence-electron chi connectivity index (χ2n) is 6.74. The third-order valence-electron chi connectivity index (χ3n) is 4.19. The minimum atomic E-state index is -0.857. The molecule has 3 rings (SSSR count). The molecule has 1 aromatic carbocycles. The van der Waals surface area contributed by atoms with Gasteiger partial charge >= 0.3 is 0 Å². The first kappa shape index (κ1) is 21.4. The van der Waals surface area contributed by atoms with Crippen LogP contribution in [-0.2, 0) is 4.79 Å². The Morgan fingerprint density at radius 2 is 1.83 bits per heavy atom. The number of hydrogen-bond donors (Lipinski definition) is 1. The van der Waals surface area contributed by atoms with Gasteiger partial charge in [0, 0.05) is 32.2 Å². The number of piperazine rings is 1. The molecule has 29 heavy (non-hydrogen) atoms. The van der Waals surface area contributed by atoms with Crippen molar-refractivity contribution in [1.82, 2.24) is 20.4 Å². The lowest BCUT2D eigenvalue weighted by atomic mass is 10.1. The highest BCUT2D eigenvalue weighted by molar-refractivity contribution is 8.01. The fraction of sp³-hybridized carbons (Fsp3) is 0.444. The summed E-state index contributed by atoms with van der Waals surface area (Å²) in [6.45, 7) is 5.41. The Morgan fingerprint density at radius 3 is 2.45 bits per heavy atom. The average molecular weight is 442 g/mol. The summed E-state index contributed by atoms with van der Waals surface area (Å²) in [6, 6.07) is 3.48.